The Morgan fingerprint density at radius 1 is 1.23 bits per heavy atom. The lowest BCUT2D eigenvalue weighted by atomic mass is 10.1. The summed E-state index contributed by atoms with van der Waals surface area (Å²) in [6.45, 7) is 3.23. The smallest absolute Gasteiger partial charge is 0.297 e. The van der Waals surface area contributed by atoms with E-state index in [0.717, 1.165) is 4.68 Å². The third-order valence-electron chi connectivity index (χ3n) is 4.92. The molecule has 0 spiro atoms. The molecule has 2 aromatic heterocycles. The normalized spacial score (nSPS) is 12.0. The van der Waals surface area contributed by atoms with E-state index in [1.165, 1.54) is 24.3 Å². The summed E-state index contributed by atoms with van der Waals surface area (Å²) >= 11 is 0. The molecule has 1 atom stereocenters. The van der Waals surface area contributed by atoms with Gasteiger partial charge in [0.25, 0.3) is 5.56 Å². The summed E-state index contributed by atoms with van der Waals surface area (Å²) in [6.07, 6.45) is 0. The molecule has 158 valence electrons. The lowest BCUT2D eigenvalue weighted by Gasteiger charge is -2.16. The highest BCUT2D eigenvalue weighted by Gasteiger charge is 2.24. The first-order valence-electron chi connectivity index (χ1n) is 9.48. The summed E-state index contributed by atoms with van der Waals surface area (Å²) in [5.41, 5.74) is 1.04. The molecule has 0 saturated carbocycles. The predicted octanol–water partition coefficient (Wildman–Crippen LogP) is 3.71. The molecule has 1 N–H and O–H groups in total. The van der Waals surface area contributed by atoms with E-state index in [2.05, 4.69) is 15.6 Å². The molecular formula is C22H19FN4O4. The van der Waals surface area contributed by atoms with Gasteiger partial charge in [-0.3, -0.25) is 9.59 Å². The number of amides is 1. The summed E-state index contributed by atoms with van der Waals surface area (Å²) in [5, 5.41) is 11.5. The van der Waals surface area contributed by atoms with E-state index in [-0.39, 0.29) is 5.52 Å². The van der Waals surface area contributed by atoms with Crippen LogP contribution >= 0.6 is 0 Å². The van der Waals surface area contributed by atoms with Crippen LogP contribution in [-0.2, 0) is 4.79 Å². The van der Waals surface area contributed by atoms with Gasteiger partial charge >= 0.3 is 0 Å². The van der Waals surface area contributed by atoms with Crippen LogP contribution in [0.5, 0.6) is 5.75 Å². The van der Waals surface area contributed by atoms with E-state index in [1.54, 1.807) is 39.2 Å². The monoisotopic (exact) mass is 422 g/mol. The van der Waals surface area contributed by atoms with Crippen molar-refractivity contribution in [1.82, 2.24) is 14.9 Å². The minimum absolute atomic E-state index is 0.0757. The molecule has 0 aliphatic rings. The van der Waals surface area contributed by atoms with Crippen LogP contribution in [0, 0.1) is 12.7 Å². The standard InChI is InChI=1S/C22H19FN4O4/c1-12(21(28)24-16-9-7-15(23)8-10-16)27-22(29)20-18(13(2)31-26-20)19(25-27)14-5-4-6-17(11-14)30-3/h4-12H,1-3H3,(H,24,28)/t12-/m1/s1. The second-order valence-electron chi connectivity index (χ2n) is 6.96. The molecule has 9 heteroatoms. The van der Waals surface area contributed by atoms with E-state index in [4.69, 9.17) is 9.26 Å². The minimum Gasteiger partial charge on any atom is -0.497 e. The van der Waals surface area contributed by atoms with Crippen molar-refractivity contribution >= 4 is 22.5 Å². The Bertz CT molecular complexity index is 1330. The second-order valence-corrected chi connectivity index (χ2v) is 6.96. The number of anilines is 1. The van der Waals surface area contributed by atoms with Gasteiger partial charge in [-0.1, -0.05) is 17.3 Å². The number of methoxy groups -OCH3 is 1. The Labute approximate surface area is 176 Å². The molecule has 4 aromatic rings. The molecule has 0 fully saturated rings. The zero-order chi connectivity index (χ0) is 22.1. The average molecular weight is 422 g/mol. The number of fused-ring (bicyclic) bond motifs is 1. The summed E-state index contributed by atoms with van der Waals surface area (Å²) in [4.78, 5) is 25.8. The van der Waals surface area contributed by atoms with Crippen molar-refractivity contribution < 1.29 is 18.4 Å². The summed E-state index contributed by atoms with van der Waals surface area (Å²) in [7, 11) is 1.55. The number of carbonyl (C=O) groups excluding carboxylic acids is 1. The largest absolute Gasteiger partial charge is 0.497 e. The first-order chi connectivity index (χ1) is 14.9. The fourth-order valence-corrected chi connectivity index (χ4v) is 3.23. The number of carbonyl (C=O) groups is 1. The van der Waals surface area contributed by atoms with Crippen LogP contribution in [0.4, 0.5) is 10.1 Å². The molecule has 0 unspecified atom stereocenters. The van der Waals surface area contributed by atoms with E-state index in [0.29, 0.717) is 33.8 Å². The Kier molecular flexibility index (Phi) is 5.24. The van der Waals surface area contributed by atoms with Gasteiger partial charge in [-0.2, -0.15) is 5.10 Å². The Hall–Kier alpha value is -4.01. The summed E-state index contributed by atoms with van der Waals surface area (Å²) < 4.78 is 24.7. The number of halogens is 1. The molecule has 31 heavy (non-hydrogen) atoms. The van der Waals surface area contributed by atoms with Gasteiger partial charge in [-0.05, 0) is 50.2 Å². The lowest BCUT2D eigenvalue weighted by Crippen LogP contribution is -2.34. The zero-order valence-electron chi connectivity index (χ0n) is 17.0. The third kappa shape index (κ3) is 3.77. The molecule has 2 aromatic carbocycles. The van der Waals surface area contributed by atoms with Crippen molar-refractivity contribution in [2.45, 2.75) is 19.9 Å². The maximum atomic E-state index is 13.1. The van der Waals surface area contributed by atoms with Crippen molar-refractivity contribution in [2.24, 2.45) is 0 Å². The summed E-state index contributed by atoms with van der Waals surface area (Å²) in [5.74, 6) is 0.144. The number of nitrogens with zero attached hydrogens (tertiary/aromatic N) is 3. The van der Waals surface area contributed by atoms with Crippen LogP contribution in [0.25, 0.3) is 22.2 Å². The Morgan fingerprint density at radius 2 is 1.97 bits per heavy atom. The molecule has 0 aliphatic heterocycles. The number of rotatable bonds is 5. The van der Waals surface area contributed by atoms with Crippen LogP contribution in [-0.4, -0.2) is 28.0 Å². The fourth-order valence-electron chi connectivity index (χ4n) is 3.23. The third-order valence-corrected chi connectivity index (χ3v) is 4.92. The van der Waals surface area contributed by atoms with Gasteiger partial charge in [0, 0.05) is 11.3 Å². The van der Waals surface area contributed by atoms with Crippen LogP contribution in [0.3, 0.4) is 0 Å². The maximum absolute atomic E-state index is 13.1. The number of nitrogens with one attached hydrogen (secondary N) is 1. The highest BCUT2D eigenvalue weighted by atomic mass is 19.1. The minimum atomic E-state index is -0.969. The SMILES string of the molecule is COc1cccc(-c2nn([C@H](C)C(=O)Nc3ccc(F)cc3)c(=O)c3noc(C)c23)c1. The fraction of sp³-hybridized carbons (Fsp3) is 0.182. The Morgan fingerprint density at radius 3 is 2.68 bits per heavy atom. The maximum Gasteiger partial charge on any atom is 0.297 e. The van der Waals surface area contributed by atoms with Crippen molar-refractivity contribution in [2.75, 3.05) is 12.4 Å². The second kappa shape index (κ2) is 8.02. The molecule has 0 aliphatic carbocycles. The number of aromatic nitrogens is 3. The number of aryl methyl sites for hydroxylation is 1. The van der Waals surface area contributed by atoms with Gasteiger partial charge in [-0.15, -0.1) is 0 Å². The van der Waals surface area contributed by atoms with Crippen LogP contribution in [0.1, 0.15) is 18.7 Å². The quantitative estimate of drug-likeness (QED) is 0.526. The number of benzene rings is 2. The van der Waals surface area contributed by atoms with E-state index in [1.807, 2.05) is 6.07 Å². The number of hydrogen-bond donors (Lipinski definition) is 1. The van der Waals surface area contributed by atoms with E-state index < -0.39 is 23.3 Å². The van der Waals surface area contributed by atoms with Gasteiger partial charge in [0.15, 0.2) is 5.52 Å². The molecule has 0 saturated heterocycles. The van der Waals surface area contributed by atoms with Gasteiger partial charge in [0.1, 0.15) is 29.1 Å². The molecule has 1 amide bonds. The lowest BCUT2D eigenvalue weighted by molar-refractivity contribution is -0.119. The van der Waals surface area contributed by atoms with E-state index in [9.17, 15) is 14.0 Å². The molecule has 4 rings (SSSR count). The topological polar surface area (TPSA) is 99.2 Å². The average Bonchev–Trinajstić information content (AvgIpc) is 3.17. The van der Waals surface area contributed by atoms with Crippen LogP contribution in [0.2, 0.25) is 0 Å². The molecule has 0 radical (unpaired) electrons. The first kappa shape index (κ1) is 20.3. The van der Waals surface area contributed by atoms with Crippen molar-refractivity contribution in [1.29, 1.82) is 0 Å². The number of ether oxygens (including phenoxy) is 1. The first-order valence-corrected chi connectivity index (χ1v) is 9.48. The zero-order valence-corrected chi connectivity index (χ0v) is 17.0. The molecule has 8 nitrogen and oxygen atoms in total. The number of hydrogen-bond acceptors (Lipinski definition) is 6. The van der Waals surface area contributed by atoms with Crippen molar-refractivity contribution in [3.63, 3.8) is 0 Å². The van der Waals surface area contributed by atoms with Gasteiger partial charge in [0.2, 0.25) is 5.91 Å². The van der Waals surface area contributed by atoms with Gasteiger partial charge in [0.05, 0.1) is 12.5 Å². The Balaban J connectivity index is 1.80. The molecule has 2 heterocycles. The predicted molar refractivity (Wildman–Crippen MR) is 113 cm³/mol. The van der Waals surface area contributed by atoms with Gasteiger partial charge < -0.3 is 14.6 Å². The highest BCUT2D eigenvalue weighted by molar-refractivity contribution is 5.95. The van der Waals surface area contributed by atoms with Crippen molar-refractivity contribution in [3.8, 4) is 17.0 Å². The molecule has 0 bridgehead atoms. The van der Waals surface area contributed by atoms with E-state index >= 15 is 0 Å². The summed E-state index contributed by atoms with van der Waals surface area (Å²) in [6, 6.07) is 11.5. The van der Waals surface area contributed by atoms with Crippen LogP contribution in [0.15, 0.2) is 57.8 Å². The van der Waals surface area contributed by atoms with Crippen LogP contribution < -0.4 is 15.6 Å². The van der Waals surface area contributed by atoms with Gasteiger partial charge in [-0.25, -0.2) is 9.07 Å². The molecular weight excluding hydrogens is 403 g/mol. The highest BCUT2D eigenvalue weighted by Crippen LogP contribution is 2.30. The van der Waals surface area contributed by atoms with Crippen molar-refractivity contribution in [3.05, 3.63) is 70.5 Å².